The monoisotopic (exact) mass is 247 g/mol. The van der Waals surface area contributed by atoms with Gasteiger partial charge in [0.15, 0.2) is 0 Å². The number of hydrogen-bond donors (Lipinski definition) is 2. The van der Waals surface area contributed by atoms with E-state index in [0.717, 1.165) is 11.1 Å². The number of hydrogen-bond acceptors (Lipinski definition) is 1. The number of anilines is 1. The topological polar surface area (TPSA) is 49.3 Å². The zero-order valence-corrected chi connectivity index (χ0v) is 9.61. The van der Waals surface area contributed by atoms with E-state index in [0.29, 0.717) is 10.7 Å². The van der Waals surface area contributed by atoms with Gasteiger partial charge >= 0.3 is 6.09 Å². The molecule has 1 amide bonds. The molecule has 0 atom stereocenters. The highest BCUT2D eigenvalue weighted by atomic mass is 35.5. The fraction of sp³-hybridized carbons (Fsp3) is 0. The lowest BCUT2D eigenvalue weighted by molar-refractivity contribution is 0.210. The Morgan fingerprint density at radius 3 is 2.47 bits per heavy atom. The molecule has 4 heteroatoms. The third-order valence-electron chi connectivity index (χ3n) is 2.31. The van der Waals surface area contributed by atoms with Crippen molar-refractivity contribution >= 4 is 23.4 Å². The van der Waals surface area contributed by atoms with Crippen LogP contribution in [0.25, 0.3) is 11.1 Å². The van der Waals surface area contributed by atoms with Gasteiger partial charge < -0.3 is 5.11 Å². The summed E-state index contributed by atoms with van der Waals surface area (Å²) >= 11 is 5.85. The van der Waals surface area contributed by atoms with Crippen LogP contribution < -0.4 is 5.32 Å². The molecule has 0 saturated carbocycles. The minimum absolute atomic E-state index is 0.483. The summed E-state index contributed by atoms with van der Waals surface area (Å²) in [4.78, 5) is 10.7. The maximum atomic E-state index is 10.7. The molecule has 2 aromatic carbocycles. The molecule has 0 aliphatic heterocycles. The molecule has 2 N–H and O–H groups in total. The van der Waals surface area contributed by atoms with Gasteiger partial charge in [0.25, 0.3) is 0 Å². The second kappa shape index (κ2) is 4.89. The fourth-order valence-corrected chi connectivity index (χ4v) is 1.78. The van der Waals surface area contributed by atoms with Crippen LogP contribution >= 0.6 is 11.6 Å². The molecule has 86 valence electrons. The normalized spacial score (nSPS) is 9.94. The average molecular weight is 248 g/mol. The Morgan fingerprint density at radius 2 is 1.82 bits per heavy atom. The van der Waals surface area contributed by atoms with Crippen LogP contribution in [-0.4, -0.2) is 11.2 Å². The van der Waals surface area contributed by atoms with Crippen LogP contribution in [0.4, 0.5) is 10.5 Å². The summed E-state index contributed by atoms with van der Waals surface area (Å²) in [6, 6.07) is 14.6. The molecule has 2 aromatic rings. The largest absolute Gasteiger partial charge is 0.465 e. The Labute approximate surface area is 104 Å². The Kier molecular flexibility index (Phi) is 3.30. The minimum Gasteiger partial charge on any atom is -0.465 e. The van der Waals surface area contributed by atoms with E-state index in [1.807, 2.05) is 30.3 Å². The molecule has 17 heavy (non-hydrogen) atoms. The van der Waals surface area contributed by atoms with Crippen LogP contribution in [0.1, 0.15) is 0 Å². The highest BCUT2D eigenvalue weighted by Gasteiger charge is 2.07. The second-order valence-corrected chi connectivity index (χ2v) is 3.92. The van der Waals surface area contributed by atoms with E-state index in [9.17, 15) is 4.79 Å². The molecule has 0 fully saturated rings. The molecular weight excluding hydrogens is 238 g/mol. The quantitative estimate of drug-likeness (QED) is 0.839. The Morgan fingerprint density at radius 1 is 1.12 bits per heavy atom. The van der Waals surface area contributed by atoms with Crippen LogP contribution in [0.2, 0.25) is 5.02 Å². The number of halogens is 1. The molecule has 0 heterocycles. The predicted octanol–water partition coefficient (Wildman–Crippen LogP) is 4.10. The molecule has 0 aromatic heterocycles. The summed E-state index contributed by atoms with van der Waals surface area (Å²) < 4.78 is 0. The van der Waals surface area contributed by atoms with E-state index >= 15 is 0 Å². The van der Waals surface area contributed by atoms with Crippen LogP contribution in [0.5, 0.6) is 0 Å². The van der Waals surface area contributed by atoms with Gasteiger partial charge in [-0.2, -0.15) is 0 Å². The van der Waals surface area contributed by atoms with Gasteiger partial charge in [-0.05, 0) is 17.7 Å². The van der Waals surface area contributed by atoms with Gasteiger partial charge in [0.05, 0.1) is 5.69 Å². The van der Waals surface area contributed by atoms with Crippen LogP contribution in [0.15, 0.2) is 48.5 Å². The summed E-state index contributed by atoms with van der Waals surface area (Å²) in [6.45, 7) is 0. The van der Waals surface area contributed by atoms with Crippen molar-refractivity contribution in [3.05, 3.63) is 53.6 Å². The second-order valence-electron chi connectivity index (χ2n) is 3.49. The molecule has 0 saturated heterocycles. The summed E-state index contributed by atoms with van der Waals surface area (Å²) in [5.74, 6) is 0. The first kappa shape index (κ1) is 11.5. The third kappa shape index (κ3) is 2.77. The molecule has 0 spiro atoms. The summed E-state index contributed by atoms with van der Waals surface area (Å²) in [7, 11) is 0. The number of amides is 1. The highest BCUT2D eigenvalue weighted by Crippen LogP contribution is 2.30. The van der Waals surface area contributed by atoms with E-state index in [-0.39, 0.29) is 0 Å². The van der Waals surface area contributed by atoms with Crippen LogP contribution in [-0.2, 0) is 0 Å². The number of benzene rings is 2. The van der Waals surface area contributed by atoms with Crippen LogP contribution in [0, 0.1) is 0 Å². The lowest BCUT2D eigenvalue weighted by Crippen LogP contribution is -2.08. The first-order valence-corrected chi connectivity index (χ1v) is 5.39. The minimum atomic E-state index is -1.11. The van der Waals surface area contributed by atoms with Crippen molar-refractivity contribution in [2.75, 3.05) is 5.32 Å². The average Bonchev–Trinajstić information content (AvgIpc) is 2.29. The van der Waals surface area contributed by atoms with Gasteiger partial charge in [-0.1, -0.05) is 48.0 Å². The molecule has 0 radical (unpaired) electrons. The number of rotatable bonds is 2. The fourth-order valence-electron chi connectivity index (χ4n) is 1.60. The molecule has 0 aliphatic carbocycles. The molecule has 0 aliphatic rings. The molecular formula is C13H10ClNO2. The number of nitrogens with one attached hydrogen (secondary N) is 1. The maximum Gasteiger partial charge on any atom is 0.409 e. The van der Waals surface area contributed by atoms with Gasteiger partial charge in [-0.25, -0.2) is 4.79 Å². The lowest BCUT2D eigenvalue weighted by atomic mass is 10.0. The Hall–Kier alpha value is -2.00. The predicted molar refractivity (Wildman–Crippen MR) is 68.5 cm³/mol. The van der Waals surface area contributed by atoms with E-state index in [2.05, 4.69) is 5.32 Å². The number of carboxylic acid groups (broad SMARTS) is 1. The van der Waals surface area contributed by atoms with Crippen molar-refractivity contribution in [1.29, 1.82) is 0 Å². The number of carbonyl (C=O) groups is 1. The van der Waals surface area contributed by atoms with Gasteiger partial charge in [0, 0.05) is 10.6 Å². The molecule has 3 nitrogen and oxygen atoms in total. The van der Waals surface area contributed by atoms with E-state index < -0.39 is 6.09 Å². The molecule has 2 rings (SSSR count). The zero-order valence-electron chi connectivity index (χ0n) is 8.85. The first-order valence-electron chi connectivity index (χ1n) is 5.02. The summed E-state index contributed by atoms with van der Waals surface area (Å²) in [5.41, 5.74) is 2.22. The maximum absolute atomic E-state index is 10.7. The van der Waals surface area contributed by atoms with E-state index in [1.54, 1.807) is 18.2 Å². The van der Waals surface area contributed by atoms with Crippen LogP contribution in [0.3, 0.4) is 0 Å². The van der Waals surface area contributed by atoms with E-state index in [1.165, 1.54) is 0 Å². The van der Waals surface area contributed by atoms with Gasteiger partial charge in [0.1, 0.15) is 0 Å². The van der Waals surface area contributed by atoms with Crippen molar-refractivity contribution in [3.8, 4) is 11.1 Å². The SMILES string of the molecule is O=C(O)Nc1cc(Cl)ccc1-c1ccccc1. The van der Waals surface area contributed by atoms with Crippen molar-refractivity contribution < 1.29 is 9.90 Å². The Bertz CT molecular complexity index is 540. The molecule has 0 unspecified atom stereocenters. The first-order chi connectivity index (χ1) is 8.16. The van der Waals surface area contributed by atoms with Crippen molar-refractivity contribution in [3.63, 3.8) is 0 Å². The standard InChI is InChI=1S/C13H10ClNO2/c14-10-6-7-11(9-4-2-1-3-5-9)12(8-10)15-13(16)17/h1-8,15H,(H,16,17). The van der Waals surface area contributed by atoms with Crippen molar-refractivity contribution in [2.45, 2.75) is 0 Å². The summed E-state index contributed by atoms with van der Waals surface area (Å²) in [6.07, 6.45) is -1.11. The van der Waals surface area contributed by atoms with Crippen molar-refractivity contribution in [1.82, 2.24) is 0 Å². The van der Waals surface area contributed by atoms with Gasteiger partial charge in [0.2, 0.25) is 0 Å². The third-order valence-corrected chi connectivity index (χ3v) is 2.54. The summed E-state index contributed by atoms with van der Waals surface area (Å²) in [5, 5.41) is 11.6. The van der Waals surface area contributed by atoms with E-state index in [4.69, 9.17) is 16.7 Å². The van der Waals surface area contributed by atoms with Crippen molar-refractivity contribution in [2.24, 2.45) is 0 Å². The van der Waals surface area contributed by atoms with Gasteiger partial charge in [-0.15, -0.1) is 0 Å². The Balaban J connectivity index is 2.50. The lowest BCUT2D eigenvalue weighted by Gasteiger charge is -2.09. The zero-order chi connectivity index (χ0) is 12.3. The molecule has 0 bridgehead atoms. The highest BCUT2D eigenvalue weighted by molar-refractivity contribution is 6.31. The van der Waals surface area contributed by atoms with Gasteiger partial charge in [-0.3, -0.25) is 5.32 Å². The smallest absolute Gasteiger partial charge is 0.409 e.